The number of esters is 1. The number of rotatable bonds is 5. The normalized spacial score (nSPS) is 20.9. The average molecular weight is 295 g/mol. The van der Waals surface area contributed by atoms with Crippen LogP contribution in [0.15, 0.2) is 0 Å². The molecule has 20 heavy (non-hydrogen) atoms. The number of halogens is 3. The highest BCUT2D eigenvalue weighted by atomic mass is 19.4. The molecule has 0 aliphatic carbocycles. The zero-order chi connectivity index (χ0) is 15.3. The fraction of sp³-hybridized carbons (Fsp3) is 0.846. The molecule has 4 nitrogen and oxygen atoms in total. The van der Waals surface area contributed by atoms with Crippen LogP contribution >= 0.6 is 0 Å². The van der Waals surface area contributed by atoms with Gasteiger partial charge in [0.25, 0.3) is 0 Å². The smallest absolute Gasteiger partial charge is 0.461 e. The summed E-state index contributed by atoms with van der Waals surface area (Å²) >= 11 is 0. The molecule has 0 bridgehead atoms. The number of hydrogen-bond donors (Lipinski definition) is 0. The molecule has 1 aliphatic heterocycles. The van der Waals surface area contributed by atoms with Crippen molar-refractivity contribution in [2.24, 2.45) is 0 Å². The first-order chi connectivity index (χ1) is 9.27. The number of carbonyl (C=O) groups is 2. The van der Waals surface area contributed by atoms with Crippen molar-refractivity contribution in [1.82, 2.24) is 4.90 Å². The minimum absolute atomic E-state index is 0.0541. The Hall–Kier alpha value is -1.27. The lowest BCUT2D eigenvalue weighted by molar-refractivity contribution is -0.189. The predicted molar refractivity (Wildman–Crippen MR) is 65.9 cm³/mol. The Morgan fingerprint density at radius 3 is 2.60 bits per heavy atom. The van der Waals surface area contributed by atoms with E-state index in [9.17, 15) is 22.8 Å². The Morgan fingerprint density at radius 2 is 2.05 bits per heavy atom. The molecule has 1 amide bonds. The number of ether oxygens (including phenoxy) is 1. The summed E-state index contributed by atoms with van der Waals surface area (Å²) in [4.78, 5) is 23.7. The third-order valence-corrected chi connectivity index (χ3v) is 3.31. The number of likely N-dealkylation sites (tertiary alicyclic amines) is 1. The fourth-order valence-electron chi connectivity index (χ4n) is 2.24. The van der Waals surface area contributed by atoms with Crippen LogP contribution in [0.1, 0.15) is 46.0 Å². The molecule has 1 aliphatic rings. The second-order valence-electron chi connectivity index (χ2n) is 5.04. The van der Waals surface area contributed by atoms with E-state index in [-0.39, 0.29) is 19.1 Å². The van der Waals surface area contributed by atoms with Crippen LogP contribution in [0.25, 0.3) is 0 Å². The topological polar surface area (TPSA) is 46.6 Å². The number of unbranched alkanes of at least 4 members (excludes halogenated alkanes) is 1. The second kappa shape index (κ2) is 6.95. The number of alkyl halides is 3. The molecule has 1 saturated heterocycles. The molecular formula is C13H20F3NO3. The quantitative estimate of drug-likeness (QED) is 0.733. The Kier molecular flexibility index (Phi) is 5.83. The van der Waals surface area contributed by atoms with Crippen molar-refractivity contribution in [1.29, 1.82) is 0 Å². The summed E-state index contributed by atoms with van der Waals surface area (Å²) in [6.07, 6.45) is -2.19. The maximum Gasteiger partial charge on any atom is 0.471 e. The van der Waals surface area contributed by atoms with Gasteiger partial charge in [-0.15, -0.1) is 0 Å². The van der Waals surface area contributed by atoms with Crippen molar-refractivity contribution in [2.75, 3.05) is 6.54 Å². The van der Waals surface area contributed by atoms with Gasteiger partial charge in [0, 0.05) is 6.54 Å². The van der Waals surface area contributed by atoms with Crippen molar-refractivity contribution in [2.45, 2.75) is 64.3 Å². The van der Waals surface area contributed by atoms with E-state index in [1.807, 2.05) is 6.92 Å². The minimum atomic E-state index is -4.95. The molecule has 7 heteroatoms. The average Bonchev–Trinajstić information content (AvgIpc) is 2.83. The summed E-state index contributed by atoms with van der Waals surface area (Å²) < 4.78 is 42.4. The molecule has 1 heterocycles. The first-order valence-corrected chi connectivity index (χ1v) is 6.85. The molecule has 2 atom stereocenters. The molecule has 0 N–H and O–H groups in total. The van der Waals surface area contributed by atoms with Gasteiger partial charge in [0.1, 0.15) is 6.04 Å². The van der Waals surface area contributed by atoms with E-state index < -0.39 is 24.1 Å². The molecule has 0 radical (unpaired) electrons. The minimum Gasteiger partial charge on any atom is -0.461 e. The molecule has 0 spiro atoms. The van der Waals surface area contributed by atoms with Gasteiger partial charge in [-0.05, 0) is 26.2 Å². The van der Waals surface area contributed by atoms with Crippen molar-refractivity contribution in [3.8, 4) is 0 Å². The van der Waals surface area contributed by atoms with Gasteiger partial charge >= 0.3 is 18.1 Å². The van der Waals surface area contributed by atoms with Crippen LogP contribution in [0, 0.1) is 0 Å². The Bertz CT molecular complexity index is 357. The van der Waals surface area contributed by atoms with Crippen LogP contribution < -0.4 is 0 Å². The fourth-order valence-corrected chi connectivity index (χ4v) is 2.24. The zero-order valence-corrected chi connectivity index (χ0v) is 11.7. The van der Waals surface area contributed by atoms with E-state index in [4.69, 9.17) is 4.74 Å². The lowest BCUT2D eigenvalue weighted by atomic mass is 10.2. The SMILES string of the molecule is CCCCC(C)OC(=O)C1CCCN1C(=O)C(F)(F)F. The van der Waals surface area contributed by atoms with Gasteiger partial charge in [0.2, 0.25) is 0 Å². The van der Waals surface area contributed by atoms with Gasteiger partial charge in [-0.25, -0.2) is 4.79 Å². The maximum absolute atomic E-state index is 12.4. The Balaban J connectivity index is 2.60. The van der Waals surface area contributed by atoms with E-state index in [2.05, 4.69) is 0 Å². The van der Waals surface area contributed by atoms with Crippen LogP contribution in [0.4, 0.5) is 13.2 Å². The molecule has 116 valence electrons. The molecule has 0 aromatic rings. The number of carbonyl (C=O) groups excluding carboxylic acids is 2. The van der Waals surface area contributed by atoms with Gasteiger partial charge in [0.15, 0.2) is 0 Å². The third-order valence-electron chi connectivity index (χ3n) is 3.31. The molecule has 1 fully saturated rings. The molecule has 0 saturated carbocycles. The van der Waals surface area contributed by atoms with Gasteiger partial charge in [-0.1, -0.05) is 19.8 Å². The Labute approximate surface area is 116 Å². The number of hydrogen-bond acceptors (Lipinski definition) is 3. The van der Waals surface area contributed by atoms with Crippen LogP contribution in [0.3, 0.4) is 0 Å². The van der Waals surface area contributed by atoms with Crippen molar-refractivity contribution >= 4 is 11.9 Å². The van der Waals surface area contributed by atoms with Crippen LogP contribution in [0.2, 0.25) is 0 Å². The monoisotopic (exact) mass is 295 g/mol. The van der Waals surface area contributed by atoms with Crippen molar-refractivity contribution < 1.29 is 27.5 Å². The van der Waals surface area contributed by atoms with E-state index in [0.717, 1.165) is 12.8 Å². The molecular weight excluding hydrogens is 275 g/mol. The van der Waals surface area contributed by atoms with E-state index in [1.165, 1.54) is 0 Å². The van der Waals surface area contributed by atoms with Gasteiger partial charge in [0.05, 0.1) is 6.10 Å². The van der Waals surface area contributed by atoms with E-state index >= 15 is 0 Å². The van der Waals surface area contributed by atoms with Crippen LogP contribution in [-0.2, 0) is 14.3 Å². The first-order valence-electron chi connectivity index (χ1n) is 6.85. The van der Waals surface area contributed by atoms with Gasteiger partial charge < -0.3 is 9.64 Å². The third kappa shape index (κ3) is 4.38. The first kappa shape index (κ1) is 16.8. The zero-order valence-electron chi connectivity index (χ0n) is 11.7. The summed E-state index contributed by atoms with van der Waals surface area (Å²) in [5, 5.41) is 0. The highest BCUT2D eigenvalue weighted by molar-refractivity contribution is 5.88. The standard InChI is InChI=1S/C13H20F3NO3/c1-3-4-6-9(2)20-11(18)10-7-5-8-17(10)12(19)13(14,15)16/h9-10H,3-8H2,1-2H3. The molecule has 0 aromatic heterocycles. The summed E-state index contributed by atoms with van der Waals surface area (Å²) in [6.45, 7) is 3.65. The number of amides is 1. The van der Waals surface area contributed by atoms with Gasteiger partial charge in [-0.2, -0.15) is 13.2 Å². The van der Waals surface area contributed by atoms with Crippen LogP contribution in [0.5, 0.6) is 0 Å². The lowest BCUT2D eigenvalue weighted by Crippen LogP contribution is -2.47. The largest absolute Gasteiger partial charge is 0.471 e. The van der Waals surface area contributed by atoms with Crippen LogP contribution in [-0.4, -0.2) is 41.6 Å². The predicted octanol–water partition coefficient (Wildman–Crippen LogP) is 2.66. The van der Waals surface area contributed by atoms with Gasteiger partial charge in [-0.3, -0.25) is 4.79 Å². The number of nitrogens with zero attached hydrogens (tertiary/aromatic N) is 1. The lowest BCUT2D eigenvalue weighted by Gasteiger charge is -2.25. The van der Waals surface area contributed by atoms with Crippen molar-refractivity contribution in [3.05, 3.63) is 0 Å². The van der Waals surface area contributed by atoms with E-state index in [1.54, 1.807) is 6.92 Å². The highest BCUT2D eigenvalue weighted by Gasteiger charge is 2.48. The highest BCUT2D eigenvalue weighted by Crippen LogP contribution is 2.26. The molecule has 1 rings (SSSR count). The summed E-state index contributed by atoms with van der Waals surface area (Å²) in [6, 6.07) is -1.10. The summed E-state index contributed by atoms with van der Waals surface area (Å²) in [5.41, 5.74) is 0. The second-order valence-corrected chi connectivity index (χ2v) is 5.04. The Morgan fingerprint density at radius 1 is 1.40 bits per heavy atom. The van der Waals surface area contributed by atoms with E-state index in [0.29, 0.717) is 17.7 Å². The molecule has 0 aromatic carbocycles. The molecule has 2 unspecified atom stereocenters. The summed E-state index contributed by atoms with van der Waals surface area (Å²) in [7, 11) is 0. The van der Waals surface area contributed by atoms with Crippen molar-refractivity contribution in [3.63, 3.8) is 0 Å². The maximum atomic E-state index is 12.4. The summed E-state index contributed by atoms with van der Waals surface area (Å²) in [5.74, 6) is -2.69.